The summed E-state index contributed by atoms with van der Waals surface area (Å²) in [5.74, 6) is 1.48. The van der Waals surface area contributed by atoms with Gasteiger partial charge in [0.15, 0.2) is 5.16 Å². The first-order chi connectivity index (χ1) is 16.9. The number of benzene rings is 3. The summed E-state index contributed by atoms with van der Waals surface area (Å²) in [6.07, 6.45) is 0. The Morgan fingerprint density at radius 2 is 1.49 bits per heavy atom. The Morgan fingerprint density at radius 1 is 0.886 bits per heavy atom. The van der Waals surface area contributed by atoms with E-state index in [9.17, 15) is 4.79 Å². The lowest BCUT2D eigenvalue weighted by molar-refractivity contribution is -0.115. The van der Waals surface area contributed by atoms with Crippen molar-refractivity contribution in [1.82, 2.24) is 9.97 Å². The number of methoxy groups -OCH3 is 2. The summed E-state index contributed by atoms with van der Waals surface area (Å²) >= 11 is 1.39. The van der Waals surface area contributed by atoms with Crippen LogP contribution in [0.2, 0.25) is 0 Å². The third-order valence-corrected chi connectivity index (χ3v) is 6.84. The van der Waals surface area contributed by atoms with Crippen LogP contribution in [0, 0.1) is 13.8 Å². The van der Waals surface area contributed by atoms with Gasteiger partial charge in [0, 0.05) is 16.8 Å². The van der Waals surface area contributed by atoms with Gasteiger partial charge in [-0.3, -0.25) is 4.79 Å². The van der Waals surface area contributed by atoms with E-state index in [0.29, 0.717) is 5.16 Å². The molecule has 1 amide bonds. The average molecular weight is 488 g/mol. The number of aromatic nitrogens is 2. The molecule has 0 aliphatic heterocycles. The third kappa shape index (κ3) is 5.69. The van der Waals surface area contributed by atoms with Crippen molar-refractivity contribution in [2.75, 3.05) is 19.5 Å². The monoisotopic (exact) mass is 487 g/mol. The fourth-order valence-corrected chi connectivity index (χ4v) is 4.42. The molecule has 0 saturated carbocycles. The minimum atomic E-state index is -0.352. The normalized spacial score (nSPS) is 11.7. The number of nitrogens with one attached hydrogen (secondary N) is 2. The van der Waals surface area contributed by atoms with Crippen LogP contribution >= 0.6 is 11.8 Å². The third-order valence-electron chi connectivity index (χ3n) is 5.86. The van der Waals surface area contributed by atoms with Gasteiger partial charge < -0.3 is 19.8 Å². The van der Waals surface area contributed by atoms with Crippen molar-refractivity contribution in [1.29, 1.82) is 0 Å². The maximum atomic E-state index is 12.9. The fourth-order valence-electron chi connectivity index (χ4n) is 3.62. The number of nitrogens with zero attached hydrogens (tertiary/aromatic N) is 1. The molecule has 1 unspecified atom stereocenters. The zero-order valence-electron chi connectivity index (χ0n) is 20.5. The summed E-state index contributed by atoms with van der Waals surface area (Å²) in [6.45, 7) is 5.97. The molecule has 0 aliphatic rings. The van der Waals surface area contributed by atoms with Crippen LogP contribution in [0.15, 0.2) is 71.9 Å². The molecule has 1 heterocycles. The highest BCUT2D eigenvalue weighted by Crippen LogP contribution is 2.35. The van der Waals surface area contributed by atoms with Gasteiger partial charge in [-0.15, -0.1) is 0 Å². The molecule has 0 aliphatic carbocycles. The Bertz CT molecular complexity index is 1250. The number of aryl methyl sites for hydroxylation is 2. The van der Waals surface area contributed by atoms with Gasteiger partial charge >= 0.3 is 0 Å². The Morgan fingerprint density at radius 3 is 2.06 bits per heavy atom. The summed E-state index contributed by atoms with van der Waals surface area (Å²) in [7, 11) is 3.29. The summed E-state index contributed by atoms with van der Waals surface area (Å²) in [5, 5.41) is 3.33. The number of carbonyl (C=O) groups excluding carboxylic acids is 1. The van der Waals surface area contributed by atoms with E-state index in [1.54, 1.807) is 14.2 Å². The van der Waals surface area contributed by atoms with E-state index in [0.717, 1.165) is 45.3 Å². The Labute approximate surface area is 210 Å². The van der Waals surface area contributed by atoms with Crippen molar-refractivity contribution < 1.29 is 14.3 Å². The van der Waals surface area contributed by atoms with E-state index in [1.807, 2.05) is 80.6 Å². The van der Waals surface area contributed by atoms with Crippen LogP contribution in [0.5, 0.6) is 11.5 Å². The van der Waals surface area contributed by atoms with E-state index >= 15 is 0 Å². The number of aromatic amines is 1. The van der Waals surface area contributed by atoms with Crippen molar-refractivity contribution in [2.45, 2.75) is 31.2 Å². The second kappa shape index (κ2) is 10.7. The van der Waals surface area contributed by atoms with Crippen LogP contribution in [0.3, 0.4) is 0 Å². The van der Waals surface area contributed by atoms with Crippen molar-refractivity contribution in [3.8, 4) is 34.0 Å². The van der Waals surface area contributed by atoms with E-state index in [-0.39, 0.29) is 11.2 Å². The molecule has 4 aromatic rings. The SMILES string of the molecule is COc1ccc(-c2nc(SC(C)C(=O)Nc3ccc(C)c(C)c3)[nH]c2-c2ccc(OC)cc2)cc1. The van der Waals surface area contributed by atoms with E-state index in [1.165, 1.54) is 17.3 Å². The average Bonchev–Trinajstić information content (AvgIpc) is 3.30. The highest BCUT2D eigenvalue weighted by Gasteiger charge is 2.20. The van der Waals surface area contributed by atoms with Crippen LogP contribution in [-0.4, -0.2) is 35.3 Å². The number of carbonyl (C=O) groups is 1. The van der Waals surface area contributed by atoms with Gasteiger partial charge in [-0.25, -0.2) is 4.98 Å². The summed E-state index contributed by atoms with van der Waals surface area (Å²) in [6, 6.07) is 21.5. The molecule has 2 N–H and O–H groups in total. The number of thioether (sulfide) groups is 1. The lowest BCUT2D eigenvalue weighted by Crippen LogP contribution is -2.22. The molecule has 0 fully saturated rings. The quantitative estimate of drug-likeness (QED) is 0.278. The maximum absolute atomic E-state index is 12.9. The molecule has 0 bridgehead atoms. The predicted molar refractivity (Wildman–Crippen MR) is 142 cm³/mol. The number of hydrogen-bond acceptors (Lipinski definition) is 5. The van der Waals surface area contributed by atoms with Crippen molar-refractivity contribution >= 4 is 23.4 Å². The predicted octanol–water partition coefficient (Wildman–Crippen LogP) is 6.50. The molecule has 7 heteroatoms. The second-order valence-corrected chi connectivity index (χ2v) is 9.60. The largest absolute Gasteiger partial charge is 0.497 e. The number of amides is 1. The van der Waals surface area contributed by atoms with Gasteiger partial charge in [0.2, 0.25) is 5.91 Å². The van der Waals surface area contributed by atoms with Crippen LogP contribution in [0.4, 0.5) is 5.69 Å². The van der Waals surface area contributed by atoms with Gasteiger partial charge in [0.1, 0.15) is 11.5 Å². The smallest absolute Gasteiger partial charge is 0.237 e. The van der Waals surface area contributed by atoms with Gasteiger partial charge in [-0.2, -0.15) is 0 Å². The first-order valence-corrected chi connectivity index (χ1v) is 12.2. The Balaban J connectivity index is 1.60. The number of H-pyrrole nitrogens is 1. The van der Waals surface area contributed by atoms with Gasteiger partial charge in [-0.05, 0) is 92.6 Å². The zero-order chi connectivity index (χ0) is 24.9. The van der Waals surface area contributed by atoms with Crippen LogP contribution in [0.25, 0.3) is 22.5 Å². The summed E-state index contributed by atoms with van der Waals surface area (Å²) in [5.41, 5.74) is 6.74. The Hall–Kier alpha value is -3.71. The number of hydrogen-bond donors (Lipinski definition) is 2. The van der Waals surface area contributed by atoms with Crippen molar-refractivity contribution in [3.05, 3.63) is 77.9 Å². The van der Waals surface area contributed by atoms with E-state index in [4.69, 9.17) is 14.5 Å². The van der Waals surface area contributed by atoms with Crippen LogP contribution in [0.1, 0.15) is 18.1 Å². The maximum Gasteiger partial charge on any atom is 0.237 e. The highest BCUT2D eigenvalue weighted by atomic mass is 32.2. The first-order valence-electron chi connectivity index (χ1n) is 11.3. The molecule has 1 atom stereocenters. The molecule has 6 nitrogen and oxygen atoms in total. The van der Waals surface area contributed by atoms with E-state index in [2.05, 4.69) is 17.2 Å². The minimum absolute atomic E-state index is 0.0772. The lowest BCUT2D eigenvalue weighted by Gasteiger charge is -2.12. The van der Waals surface area contributed by atoms with Crippen LogP contribution < -0.4 is 14.8 Å². The molecule has 3 aromatic carbocycles. The molecule has 35 heavy (non-hydrogen) atoms. The molecule has 0 saturated heterocycles. The summed E-state index contributed by atoms with van der Waals surface area (Å²) < 4.78 is 10.6. The molecule has 180 valence electrons. The fraction of sp³-hybridized carbons (Fsp3) is 0.214. The summed E-state index contributed by atoms with van der Waals surface area (Å²) in [4.78, 5) is 21.2. The van der Waals surface area contributed by atoms with Gasteiger partial charge in [0.25, 0.3) is 0 Å². The Kier molecular flexibility index (Phi) is 7.46. The highest BCUT2D eigenvalue weighted by molar-refractivity contribution is 8.00. The lowest BCUT2D eigenvalue weighted by atomic mass is 10.0. The number of anilines is 1. The van der Waals surface area contributed by atoms with Gasteiger partial charge in [0.05, 0.1) is 30.9 Å². The van der Waals surface area contributed by atoms with Crippen LogP contribution in [-0.2, 0) is 4.79 Å². The van der Waals surface area contributed by atoms with Crippen molar-refractivity contribution in [2.24, 2.45) is 0 Å². The molecule has 0 spiro atoms. The molecule has 0 radical (unpaired) electrons. The van der Waals surface area contributed by atoms with E-state index < -0.39 is 0 Å². The standard InChI is InChI=1S/C28H29N3O3S/c1-17-6-11-22(16-18(17)2)29-27(32)19(3)35-28-30-25(20-7-12-23(33-4)13-8-20)26(31-28)21-9-14-24(34-5)15-10-21/h6-16,19H,1-5H3,(H,29,32)(H,30,31). The van der Waals surface area contributed by atoms with Crippen molar-refractivity contribution in [3.63, 3.8) is 0 Å². The number of ether oxygens (including phenoxy) is 2. The van der Waals surface area contributed by atoms with Gasteiger partial charge in [-0.1, -0.05) is 17.8 Å². The molecular formula is C28H29N3O3S. The first kappa shape index (κ1) is 24.4. The topological polar surface area (TPSA) is 76.2 Å². The minimum Gasteiger partial charge on any atom is -0.497 e. The molecule has 1 aromatic heterocycles. The number of rotatable bonds is 8. The molecular weight excluding hydrogens is 458 g/mol. The zero-order valence-corrected chi connectivity index (χ0v) is 21.3. The molecule has 4 rings (SSSR count). The number of imidazole rings is 1. The second-order valence-electron chi connectivity index (χ2n) is 8.27.